The Morgan fingerprint density at radius 1 is 1.11 bits per heavy atom. The molecule has 1 aliphatic carbocycles. The van der Waals surface area contributed by atoms with Gasteiger partial charge in [-0.1, -0.05) is 22.0 Å². The Bertz CT molecular complexity index is 1600. The average molecular weight is 666 g/mol. The number of nitrogens with one attached hydrogen (secondary N) is 2. The zero-order valence-electron chi connectivity index (χ0n) is 23.9. The highest BCUT2D eigenvalue weighted by molar-refractivity contribution is 9.10. The predicted octanol–water partition coefficient (Wildman–Crippen LogP) is 6.16. The largest absolute Gasteiger partial charge is 0.484 e. The van der Waals surface area contributed by atoms with Crippen molar-refractivity contribution < 1.29 is 23.0 Å². The normalized spacial score (nSPS) is 15.9. The second-order valence-electron chi connectivity index (χ2n) is 11.2. The Hall–Kier alpha value is -4.26. The summed E-state index contributed by atoms with van der Waals surface area (Å²) >= 11 is 3.32. The van der Waals surface area contributed by atoms with Crippen LogP contribution in [-0.2, 0) is 11.4 Å². The van der Waals surface area contributed by atoms with Gasteiger partial charge in [0.1, 0.15) is 24.2 Å². The SMILES string of the molecule is N#CCC1(CNc2cc(Br)cc(F)c2NC(=O)CN2CCC(Oc3cccc(COc4ccc(C#N)cc4F)n3)CC2)CC1. The van der Waals surface area contributed by atoms with Crippen LogP contribution in [0.15, 0.2) is 53.0 Å². The summed E-state index contributed by atoms with van der Waals surface area (Å²) in [6.07, 6.45) is 3.58. The first kappa shape index (κ1) is 31.2. The third-order valence-corrected chi connectivity index (χ3v) is 8.25. The molecule has 0 spiro atoms. The van der Waals surface area contributed by atoms with Gasteiger partial charge in [0.25, 0.3) is 0 Å². The molecule has 12 heteroatoms. The van der Waals surface area contributed by atoms with E-state index in [1.54, 1.807) is 24.3 Å². The molecule has 9 nitrogen and oxygen atoms in total. The first-order valence-electron chi connectivity index (χ1n) is 14.3. The number of hydrogen-bond acceptors (Lipinski definition) is 8. The number of amides is 1. The van der Waals surface area contributed by atoms with Crippen molar-refractivity contribution in [3.8, 4) is 23.8 Å². The number of carbonyl (C=O) groups is 1. The monoisotopic (exact) mass is 664 g/mol. The number of carbonyl (C=O) groups excluding carboxylic acids is 1. The summed E-state index contributed by atoms with van der Waals surface area (Å²) in [7, 11) is 0. The number of pyridine rings is 1. The van der Waals surface area contributed by atoms with Crippen molar-refractivity contribution >= 4 is 33.2 Å². The second-order valence-corrected chi connectivity index (χ2v) is 12.1. The van der Waals surface area contributed by atoms with E-state index in [2.05, 4.69) is 37.6 Å². The van der Waals surface area contributed by atoms with Gasteiger partial charge < -0.3 is 20.1 Å². The maximum atomic E-state index is 14.9. The molecule has 0 radical (unpaired) electrons. The molecule has 1 saturated heterocycles. The highest BCUT2D eigenvalue weighted by Gasteiger charge is 2.42. The Kier molecular flexibility index (Phi) is 9.93. The molecule has 2 heterocycles. The van der Waals surface area contributed by atoms with Crippen molar-refractivity contribution in [2.75, 3.05) is 36.8 Å². The molecule has 0 atom stereocenters. The van der Waals surface area contributed by atoms with Crippen LogP contribution in [0.5, 0.6) is 11.6 Å². The van der Waals surface area contributed by atoms with E-state index in [4.69, 9.17) is 20.0 Å². The quantitative estimate of drug-likeness (QED) is 0.236. The van der Waals surface area contributed by atoms with E-state index in [-0.39, 0.29) is 47.6 Å². The number of benzene rings is 2. The second kappa shape index (κ2) is 14.0. The lowest BCUT2D eigenvalue weighted by molar-refractivity contribution is -0.117. The summed E-state index contributed by atoms with van der Waals surface area (Å²) in [5.74, 6) is -1.02. The number of piperidine rings is 1. The van der Waals surface area contributed by atoms with Gasteiger partial charge in [-0.25, -0.2) is 13.8 Å². The van der Waals surface area contributed by atoms with E-state index < -0.39 is 11.6 Å². The number of hydrogen-bond donors (Lipinski definition) is 2. The number of halogens is 3. The van der Waals surface area contributed by atoms with Crippen LogP contribution in [0, 0.1) is 39.7 Å². The topological polar surface area (TPSA) is 123 Å². The van der Waals surface area contributed by atoms with Crippen LogP contribution in [0.1, 0.15) is 43.4 Å². The Morgan fingerprint density at radius 3 is 2.61 bits per heavy atom. The van der Waals surface area contributed by atoms with E-state index >= 15 is 0 Å². The molecule has 2 fully saturated rings. The molecule has 1 aliphatic heterocycles. The maximum absolute atomic E-state index is 14.9. The van der Waals surface area contributed by atoms with Gasteiger partial charge >= 0.3 is 0 Å². The molecule has 0 bridgehead atoms. The molecule has 1 saturated carbocycles. The molecule has 1 amide bonds. The first-order chi connectivity index (χ1) is 21.3. The smallest absolute Gasteiger partial charge is 0.238 e. The zero-order chi connectivity index (χ0) is 31.1. The molecule has 2 aliphatic rings. The molecule has 5 rings (SSSR count). The molecule has 228 valence electrons. The van der Waals surface area contributed by atoms with E-state index in [9.17, 15) is 13.6 Å². The van der Waals surface area contributed by atoms with Crippen molar-refractivity contribution in [1.29, 1.82) is 10.5 Å². The van der Waals surface area contributed by atoms with Gasteiger partial charge in [-0.15, -0.1) is 0 Å². The number of anilines is 2. The number of rotatable bonds is 12. The predicted molar refractivity (Wildman–Crippen MR) is 163 cm³/mol. The molecule has 44 heavy (non-hydrogen) atoms. The fourth-order valence-electron chi connectivity index (χ4n) is 5.06. The van der Waals surface area contributed by atoms with Crippen molar-refractivity contribution in [1.82, 2.24) is 9.88 Å². The van der Waals surface area contributed by atoms with Crippen LogP contribution < -0.4 is 20.1 Å². The highest BCUT2D eigenvalue weighted by Crippen LogP contribution is 2.48. The van der Waals surface area contributed by atoms with Gasteiger partial charge in [-0.3, -0.25) is 9.69 Å². The van der Waals surface area contributed by atoms with E-state index in [0.29, 0.717) is 60.6 Å². The van der Waals surface area contributed by atoms with Crippen LogP contribution in [0.25, 0.3) is 0 Å². The number of nitrogens with zero attached hydrogens (tertiary/aromatic N) is 4. The minimum Gasteiger partial charge on any atom is -0.484 e. The van der Waals surface area contributed by atoms with Crippen LogP contribution in [0.4, 0.5) is 20.2 Å². The minimum atomic E-state index is -0.616. The summed E-state index contributed by atoms with van der Waals surface area (Å²) in [6.45, 7) is 1.90. The van der Waals surface area contributed by atoms with Gasteiger partial charge in [0.05, 0.1) is 35.6 Å². The molecule has 0 unspecified atom stereocenters. The van der Waals surface area contributed by atoms with Crippen molar-refractivity contribution in [2.45, 2.75) is 44.8 Å². The molecular weight excluding hydrogens is 634 g/mol. The van der Waals surface area contributed by atoms with Crippen LogP contribution in [0.2, 0.25) is 0 Å². The van der Waals surface area contributed by atoms with Crippen LogP contribution >= 0.6 is 15.9 Å². The van der Waals surface area contributed by atoms with Gasteiger partial charge in [-0.05, 0) is 62.1 Å². The molecule has 1 aromatic heterocycles. The lowest BCUT2D eigenvalue weighted by Gasteiger charge is -2.31. The fraction of sp³-hybridized carbons (Fsp3) is 0.375. The molecular formula is C32H31BrF2N6O3. The van der Waals surface area contributed by atoms with Crippen molar-refractivity contribution in [2.24, 2.45) is 5.41 Å². The number of likely N-dealkylation sites (tertiary alicyclic amines) is 1. The maximum Gasteiger partial charge on any atom is 0.238 e. The van der Waals surface area contributed by atoms with E-state index in [0.717, 1.165) is 18.9 Å². The number of nitriles is 2. The lowest BCUT2D eigenvalue weighted by atomic mass is 10.0. The minimum absolute atomic E-state index is 0.0323. The molecule has 2 N–H and O–H groups in total. The summed E-state index contributed by atoms with van der Waals surface area (Å²) in [5.41, 5.74) is 1.26. The zero-order valence-corrected chi connectivity index (χ0v) is 25.5. The number of ether oxygens (including phenoxy) is 2. The van der Waals surface area contributed by atoms with Crippen molar-refractivity contribution in [3.63, 3.8) is 0 Å². The van der Waals surface area contributed by atoms with Crippen molar-refractivity contribution in [3.05, 3.63) is 75.9 Å². The summed E-state index contributed by atoms with van der Waals surface area (Å²) in [6, 6.07) is 16.4. The van der Waals surface area contributed by atoms with E-state index in [1.165, 1.54) is 18.2 Å². The van der Waals surface area contributed by atoms with E-state index in [1.807, 2.05) is 11.0 Å². The van der Waals surface area contributed by atoms with Gasteiger partial charge in [-0.2, -0.15) is 10.5 Å². The van der Waals surface area contributed by atoms with Crippen LogP contribution in [0.3, 0.4) is 0 Å². The molecule has 2 aromatic carbocycles. The Morgan fingerprint density at radius 2 is 1.91 bits per heavy atom. The van der Waals surface area contributed by atoms with Gasteiger partial charge in [0.2, 0.25) is 11.8 Å². The Balaban J connectivity index is 1.09. The number of aromatic nitrogens is 1. The fourth-order valence-corrected chi connectivity index (χ4v) is 5.49. The third kappa shape index (κ3) is 8.22. The standard InChI is InChI=1S/C32H31BrF2N6O3/c33-22-15-26(35)31(27(16-22)38-20-32(8-9-32)10-11-36)40-29(42)18-41-12-6-24(7-13-41)44-30-3-1-2-23(39-30)19-43-28-5-4-21(17-37)14-25(28)34/h1-5,14-16,24,38H,6-10,12-13,18-20H2,(H,40,42). The highest BCUT2D eigenvalue weighted by atomic mass is 79.9. The Labute approximate surface area is 262 Å². The van der Waals surface area contributed by atoms with Crippen LogP contribution in [-0.4, -0.2) is 48.1 Å². The average Bonchev–Trinajstić information content (AvgIpc) is 3.78. The lowest BCUT2D eigenvalue weighted by Crippen LogP contribution is -2.42. The summed E-state index contributed by atoms with van der Waals surface area (Å²) < 4.78 is 41.2. The summed E-state index contributed by atoms with van der Waals surface area (Å²) in [5, 5.41) is 24.0. The van der Waals surface area contributed by atoms with Gasteiger partial charge in [0, 0.05) is 42.0 Å². The summed E-state index contributed by atoms with van der Waals surface area (Å²) in [4.78, 5) is 19.4. The molecule has 3 aromatic rings. The third-order valence-electron chi connectivity index (χ3n) is 7.79. The first-order valence-corrected chi connectivity index (χ1v) is 15.1. The van der Waals surface area contributed by atoms with Gasteiger partial charge in [0.15, 0.2) is 11.6 Å².